The van der Waals surface area contributed by atoms with Gasteiger partial charge in [0.05, 0.1) is 9.83 Å². The van der Waals surface area contributed by atoms with Gasteiger partial charge in [0.25, 0.3) is 0 Å². The van der Waals surface area contributed by atoms with Gasteiger partial charge in [-0.3, -0.25) is 0 Å². The van der Waals surface area contributed by atoms with Crippen LogP contribution in [0.5, 0.6) is 0 Å². The van der Waals surface area contributed by atoms with Gasteiger partial charge in [-0.1, -0.05) is 6.92 Å². The Morgan fingerprint density at radius 3 is 2.35 bits per heavy atom. The van der Waals surface area contributed by atoms with Crippen LogP contribution in [0.3, 0.4) is 0 Å². The molecule has 0 aliphatic heterocycles. The largest absolute Gasteiger partial charge is 0.306 e. The topological polar surface area (TPSA) is 12.0 Å². The number of benzene rings is 1. The summed E-state index contributed by atoms with van der Waals surface area (Å²) in [6, 6.07) is 2.60. The van der Waals surface area contributed by atoms with Gasteiger partial charge in [0.2, 0.25) is 0 Å². The maximum atomic E-state index is 14.0. The van der Waals surface area contributed by atoms with Gasteiger partial charge in [-0.25, -0.2) is 13.2 Å². The molecule has 1 nitrogen and oxygen atoms in total. The Bertz CT molecular complexity index is 577. The van der Waals surface area contributed by atoms with Crippen LogP contribution < -0.4 is 5.32 Å². The number of thiophene rings is 1. The van der Waals surface area contributed by atoms with E-state index in [0.29, 0.717) is 18.7 Å². The summed E-state index contributed by atoms with van der Waals surface area (Å²) in [5.74, 6) is -2.67. The standard InChI is InChI=1S/C14H13BrF3NS/c1-2-3-19-14(8-4-12(15)20-7-8)13-10(17)5-9(16)6-11(13)18/h4-7,14,19H,2-3H2,1H3. The van der Waals surface area contributed by atoms with Gasteiger partial charge in [-0.15, -0.1) is 11.3 Å². The van der Waals surface area contributed by atoms with Crippen LogP contribution in [0.15, 0.2) is 27.4 Å². The first-order chi connectivity index (χ1) is 9.52. The lowest BCUT2D eigenvalue weighted by molar-refractivity contribution is 0.487. The molecule has 1 unspecified atom stereocenters. The van der Waals surface area contributed by atoms with Crippen molar-refractivity contribution in [3.63, 3.8) is 0 Å². The molecule has 2 rings (SSSR count). The lowest BCUT2D eigenvalue weighted by Crippen LogP contribution is -2.25. The van der Waals surface area contributed by atoms with E-state index in [4.69, 9.17) is 0 Å². The number of nitrogens with one attached hydrogen (secondary N) is 1. The zero-order valence-corrected chi connectivity index (χ0v) is 13.1. The predicted octanol–water partition coefficient (Wildman–Crippen LogP) is 5.02. The average Bonchev–Trinajstić information content (AvgIpc) is 2.78. The third kappa shape index (κ3) is 3.42. The highest BCUT2D eigenvalue weighted by Crippen LogP contribution is 2.32. The highest BCUT2D eigenvalue weighted by molar-refractivity contribution is 9.11. The highest BCUT2D eigenvalue weighted by atomic mass is 79.9. The molecular formula is C14H13BrF3NS. The van der Waals surface area contributed by atoms with Crippen LogP contribution >= 0.6 is 27.3 Å². The average molecular weight is 364 g/mol. The van der Waals surface area contributed by atoms with Crippen LogP contribution in [-0.2, 0) is 0 Å². The summed E-state index contributed by atoms with van der Waals surface area (Å²) in [5, 5.41) is 4.92. The minimum Gasteiger partial charge on any atom is -0.306 e. The van der Waals surface area contributed by atoms with Crippen molar-refractivity contribution >= 4 is 27.3 Å². The Hall–Kier alpha value is -0.850. The number of hydrogen-bond acceptors (Lipinski definition) is 2. The maximum Gasteiger partial charge on any atom is 0.134 e. The second-order valence-corrected chi connectivity index (χ2v) is 6.64. The summed E-state index contributed by atoms with van der Waals surface area (Å²) in [6.07, 6.45) is 0.826. The minimum absolute atomic E-state index is 0.148. The fraction of sp³-hybridized carbons (Fsp3) is 0.286. The van der Waals surface area contributed by atoms with Crippen molar-refractivity contribution in [1.82, 2.24) is 5.32 Å². The molecule has 1 atom stereocenters. The maximum absolute atomic E-state index is 14.0. The molecule has 1 N–H and O–H groups in total. The molecule has 20 heavy (non-hydrogen) atoms. The molecule has 108 valence electrons. The second kappa shape index (κ2) is 6.74. The van der Waals surface area contributed by atoms with E-state index in [1.165, 1.54) is 11.3 Å². The van der Waals surface area contributed by atoms with Crippen molar-refractivity contribution in [3.8, 4) is 0 Å². The lowest BCUT2D eigenvalue weighted by atomic mass is 9.99. The van der Waals surface area contributed by atoms with Gasteiger partial charge in [-0.2, -0.15) is 0 Å². The van der Waals surface area contributed by atoms with E-state index in [1.807, 2.05) is 12.3 Å². The molecule has 1 heterocycles. The molecule has 0 spiro atoms. The molecular weight excluding hydrogens is 351 g/mol. The Morgan fingerprint density at radius 2 is 1.85 bits per heavy atom. The van der Waals surface area contributed by atoms with Crippen molar-refractivity contribution < 1.29 is 13.2 Å². The van der Waals surface area contributed by atoms with Crippen molar-refractivity contribution in [2.24, 2.45) is 0 Å². The molecule has 0 saturated heterocycles. The van der Waals surface area contributed by atoms with E-state index >= 15 is 0 Å². The van der Waals surface area contributed by atoms with Gasteiger partial charge < -0.3 is 5.32 Å². The van der Waals surface area contributed by atoms with E-state index in [2.05, 4.69) is 21.2 Å². The number of halogens is 4. The van der Waals surface area contributed by atoms with Crippen LogP contribution in [0.25, 0.3) is 0 Å². The zero-order valence-electron chi connectivity index (χ0n) is 10.7. The molecule has 0 radical (unpaired) electrons. The molecule has 0 fully saturated rings. The monoisotopic (exact) mass is 363 g/mol. The summed E-state index contributed by atoms with van der Waals surface area (Å²) in [6.45, 7) is 2.57. The molecule has 0 amide bonds. The Labute approximate surface area is 128 Å². The fourth-order valence-corrected chi connectivity index (χ4v) is 3.18. The summed E-state index contributed by atoms with van der Waals surface area (Å²) in [4.78, 5) is 0. The van der Waals surface area contributed by atoms with E-state index < -0.39 is 23.5 Å². The van der Waals surface area contributed by atoms with E-state index in [-0.39, 0.29) is 5.56 Å². The Morgan fingerprint density at radius 1 is 1.20 bits per heavy atom. The zero-order chi connectivity index (χ0) is 14.7. The number of hydrogen-bond donors (Lipinski definition) is 1. The van der Waals surface area contributed by atoms with Crippen LogP contribution in [0.1, 0.15) is 30.5 Å². The molecule has 1 aromatic heterocycles. The van der Waals surface area contributed by atoms with E-state index in [1.54, 1.807) is 6.07 Å². The first kappa shape index (κ1) is 15.5. The third-order valence-electron chi connectivity index (χ3n) is 2.85. The van der Waals surface area contributed by atoms with Gasteiger partial charge in [0, 0.05) is 17.7 Å². The van der Waals surface area contributed by atoms with E-state index in [9.17, 15) is 13.2 Å². The summed E-state index contributed by atoms with van der Waals surface area (Å²) < 4.78 is 41.8. The van der Waals surface area contributed by atoms with Crippen LogP contribution in [0.4, 0.5) is 13.2 Å². The first-order valence-electron chi connectivity index (χ1n) is 6.14. The van der Waals surface area contributed by atoms with Crippen molar-refractivity contribution in [3.05, 3.63) is 55.9 Å². The molecule has 0 aliphatic rings. The second-order valence-electron chi connectivity index (χ2n) is 4.35. The molecule has 0 aliphatic carbocycles. The van der Waals surface area contributed by atoms with Crippen LogP contribution in [0, 0.1) is 17.5 Å². The van der Waals surface area contributed by atoms with Gasteiger partial charge in [0.15, 0.2) is 0 Å². The molecule has 0 saturated carbocycles. The van der Waals surface area contributed by atoms with E-state index in [0.717, 1.165) is 15.8 Å². The minimum atomic E-state index is -0.913. The van der Waals surface area contributed by atoms with Gasteiger partial charge in [-0.05, 0) is 45.9 Å². The van der Waals surface area contributed by atoms with Crippen LogP contribution in [0.2, 0.25) is 0 Å². The Balaban J connectivity index is 2.46. The Kier molecular flexibility index (Phi) is 5.23. The highest BCUT2D eigenvalue weighted by Gasteiger charge is 2.23. The third-order valence-corrected chi connectivity index (χ3v) is 4.37. The molecule has 2 aromatic rings. The summed E-state index contributed by atoms with van der Waals surface area (Å²) in [7, 11) is 0. The first-order valence-corrected chi connectivity index (χ1v) is 7.82. The van der Waals surface area contributed by atoms with Crippen molar-refractivity contribution in [2.45, 2.75) is 19.4 Å². The van der Waals surface area contributed by atoms with Crippen LogP contribution in [-0.4, -0.2) is 6.54 Å². The van der Waals surface area contributed by atoms with Crippen molar-refractivity contribution in [2.75, 3.05) is 6.54 Å². The van der Waals surface area contributed by atoms with Gasteiger partial charge in [0.1, 0.15) is 17.5 Å². The van der Waals surface area contributed by atoms with Gasteiger partial charge >= 0.3 is 0 Å². The number of rotatable bonds is 5. The SMILES string of the molecule is CCCNC(c1csc(Br)c1)c1c(F)cc(F)cc1F. The fourth-order valence-electron chi connectivity index (χ4n) is 1.98. The molecule has 1 aromatic carbocycles. The lowest BCUT2D eigenvalue weighted by Gasteiger charge is -2.19. The summed E-state index contributed by atoms with van der Waals surface area (Å²) in [5.41, 5.74) is 0.602. The summed E-state index contributed by atoms with van der Waals surface area (Å²) >= 11 is 4.77. The van der Waals surface area contributed by atoms with Crippen molar-refractivity contribution in [1.29, 1.82) is 0 Å². The quantitative estimate of drug-likeness (QED) is 0.786. The molecule has 0 bridgehead atoms. The molecule has 6 heteroatoms. The predicted molar refractivity (Wildman–Crippen MR) is 78.5 cm³/mol. The smallest absolute Gasteiger partial charge is 0.134 e. The normalized spacial score (nSPS) is 12.7.